The second-order valence-corrected chi connectivity index (χ2v) is 11.9. The van der Waals surface area contributed by atoms with Crippen molar-refractivity contribution in [1.29, 1.82) is 0 Å². The molecule has 0 aromatic carbocycles. The molecule has 2 aliphatic rings. The van der Waals surface area contributed by atoms with Gasteiger partial charge in [0.15, 0.2) is 0 Å². The van der Waals surface area contributed by atoms with Crippen LogP contribution in [0.2, 0.25) is 0 Å². The van der Waals surface area contributed by atoms with Crippen molar-refractivity contribution >= 4 is 0 Å². The summed E-state index contributed by atoms with van der Waals surface area (Å²) in [6.45, 7) is 20.1. The molecule has 0 aliphatic carbocycles. The van der Waals surface area contributed by atoms with Gasteiger partial charge in [0, 0.05) is 54.2 Å². The van der Waals surface area contributed by atoms with E-state index in [4.69, 9.17) is 11.5 Å². The minimum absolute atomic E-state index is 0.273. The lowest BCUT2D eigenvalue weighted by Gasteiger charge is -2.53. The van der Waals surface area contributed by atoms with Crippen molar-refractivity contribution in [3.63, 3.8) is 0 Å². The molecule has 2 fully saturated rings. The van der Waals surface area contributed by atoms with Crippen molar-refractivity contribution in [2.24, 2.45) is 11.5 Å². The molecule has 0 amide bonds. The van der Waals surface area contributed by atoms with E-state index in [1.54, 1.807) is 0 Å². The number of nitrogens with zero attached hydrogens (tertiary/aromatic N) is 1. The summed E-state index contributed by atoms with van der Waals surface area (Å²) in [7, 11) is 6.37. The van der Waals surface area contributed by atoms with Gasteiger partial charge in [-0.05, 0) is 102 Å². The molecular weight excluding hydrogens is 400 g/mol. The highest BCUT2D eigenvalue weighted by atomic mass is 15.2. The molecule has 0 bridgehead atoms. The lowest BCUT2D eigenvalue weighted by Crippen LogP contribution is -2.61. The van der Waals surface area contributed by atoms with Crippen LogP contribution in [0.5, 0.6) is 0 Å². The third-order valence-electron chi connectivity index (χ3n) is 6.85. The van der Waals surface area contributed by atoms with E-state index in [-0.39, 0.29) is 11.1 Å². The lowest BCUT2D eigenvalue weighted by atomic mass is 9.77. The zero-order valence-corrected chi connectivity index (χ0v) is 23.2. The average molecular weight is 459 g/mol. The van der Waals surface area contributed by atoms with Gasteiger partial charge >= 0.3 is 0 Å². The third-order valence-corrected chi connectivity index (χ3v) is 6.85. The number of rotatable bonds is 6. The van der Waals surface area contributed by atoms with Crippen molar-refractivity contribution in [2.45, 2.75) is 115 Å². The van der Waals surface area contributed by atoms with Crippen LogP contribution in [0.4, 0.5) is 0 Å². The van der Waals surface area contributed by atoms with E-state index in [1.807, 2.05) is 0 Å². The fourth-order valence-corrected chi connectivity index (χ4v) is 5.33. The predicted molar refractivity (Wildman–Crippen MR) is 141 cm³/mol. The fraction of sp³-hybridized carbons (Fsp3) is 1.00. The van der Waals surface area contributed by atoms with Crippen LogP contribution in [0.15, 0.2) is 0 Å². The molecular formula is C24H58N8. The van der Waals surface area contributed by atoms with Gasteiger partial charge < -0.3 is 27.4 Å². The van der Waals surface area contributed by atoms with Gasteiger partial charge in [0.05, 0.1) is 0 Å². The van der Waals surface area contributed by atoms with E-state index in [0.29, 0.717) is 43.2 Å². The number of likely N-dealkylation sites (tertiary alicyclic amines) is 1. The van der Waals surface area contributed by atoms with Crippen LogP contribution in [0.25, 0.3) is 0 Å². The first-order valence-electron chi connectivity index (χ1n) is 12.2. The van der Waals surface area contributed by atoms with E-state index < -0.39 is 0 Å². The van der Waals surface area contributed by atoms with Crippen molar-refractivity contribution in [3.05, 3.63) is 0 Å². The summed E-state index contributed by atoms with van der Waals surface area (Å²) in [6, 6.07) is 1.33. The Morgan fingerprint density at radius 2 is 1.06 bits per heavy atom. The Morgan fingerprint density at radius 3 is 1.38 bits per heavy atom. The maximum Gasteiger partial charge on any atom is 0.0474 e. The highest BCUT2D eigenvalue weighted by Crippen LogP contribution is 2.36. The smallest absolute Gasteiger partial charge is 0.0474 e. The van der Waals surface area contributed by atoms with E-state index in [2.05, 4.69) is 108 Å². The predicted octanol–water partition coefficient (Wildman–Crippen LogP) is 1.33. The molecule has 2 rings (SSSR count). The summed E-state index contributed by atoms with van der Waals surface area (Å²) in [6.07, 6.45) is 4.91. The van der Waals surface area contributed by atoms with Crippen LogP contribution in [0.3, 0.4) is 0 Å². The molecule has 2 heterocycles. The van der Waals surface area contributed by atoms with Crippen LogP contribution in [-0.4, -0.2) is 80.3 Å². The molecule has 32 heavy (non-hydrogen) atoms. The van der Waals surface area contributed by atoms with Gasteiger partial charge in [0.25, 0.3) is 0 Å². The second-order valence-electron chi connectivity index (χ2n) is 11.9. The van der Waals surface area contributed by atoms with E-state index >= 15 is 0 Å². The molecule has 8 heteroatoms. The van der Waals surface area contributed by atoms with Crippen molar-refractivity contribution in [3.8, 4) is 0 Å². The molecule has 2 aliphatic heterocycles. The SMILES string of the molecule is CNC1CC(C)(C)N(C)C(C)(C)C1.CNC1CC(C)(C)NC(C)(C)C1.NCNCNCN. The van der Waals surface area contributed by atoms with E-state index in [9.17, 15) is 0 Å². The van der Waals surface area contributed by atoms with E-state index in [1.165, 1.54) is 25.7 Å². The number of nitrogens with one attached hydrogen (secondary N) is 5. The number of nitrogens with two attached hydrogens (primary N) is 2. The summed E-state index contributed by atoms with van der Waals surface area (Å²) < 4.78 is 0. The summed E-state index contributed by atoms with van der Waals surface area (Å²) >= 11 is 0. The third kappa shape index (κ3) is 11.7. The van der Waals surface area contributed by atoms with Crippen LogP contribution in [0.1, 0.15) is 81.1 Å². The normalized spacial score (nSPS) is 24.7. The topological polar surface area (TPSA) is 115 Å². The molecule has 0 atom stereocenters. The molecule has 0 unspecified atom stereocenters. The van der Waals surface area contributed by atoms with Gasteiger partial charge in [-0.15, -0.1) is 0 Å². The largest absolute Gasteiger partial charge is 0.318 e. The molecule has 9 N–H and O–H groups in total. The minimum atomic E-state index is 0.273. The first-order chi connectivity index (χ1) is 14.6. The molecule has 2 saturated heterocycles. The molecule has 0 spiro atoms. The molecule has 194 valence electrons. The number of hydrogen-bond donors (Lipinski definition) is 7. The molecule has 8 nitrogen and oxygen atoms in total. The summed E-state index contributed by atoms with van der Waals surface area (Å²) in [5.74, 6) is 0. The monoisotopic (exact) mass is 458 g/mol. The van der Waals surface area contributed by atoms with Crippen LogP contribution >= 0.6 is 0 Å². The molecule has 0 aromatic rings. The van der Waals surface area contributed by atoms with E-state index in [0.717, 1.165) is 0 Å². The van der Waals surface area contributed by atoms with Crippen LogP contribution in [0, 0.1) is 0 Å². The van der Waals surface area contributed by atoms with Crippen molar-refractivity contribution in [2.75, 3.05) is 41.1 Å². The second kappa shape index (κ2) is 13.5. The van der Waals surface area contributed by atoms with Crippen molar-refractivity contribution in [1.82, 2.24) is 31.5 Å². The van der Waals surface area contributed by atoms with Gasteiger partial charge in [-0.1, -0.05) is 0 Å². The highest BCUT2D eigenvalue weighted by molar-refractivity contribution is 5.00. The first kappa shape index (κ1) is 31.7. The Morgan fingerprint density at radius 1 is 0.719 bits per heavy atom. The Labute approximate surface area is 199 Å². The maximum atomic E-state index is 5.08. The molecule has 0 aromatic heterocycles. The van der Waals surface area contributed by atoms with Crippen LogP contribution < -0.4 is 38.1 Å². The zero-order valence-electron chi connectivity index (χ0n) is 23.2. The maximum absolute atomic E-state index is 5.08. The first-order valence-corrected chi connectivity index (χ1v) is 12.2. The summed E-state index contributed by atoms with van der Waals surface area (Å²) in [5.41, 5.74) is 11.3. The minimum Gasteiger partial charge on any atom is -0.318 e. The lowest BCUT2D eigenvalue weighted by molar-refractivity contribution is -0.0167. The Balaban J connectivity index is 0.000000473. The standard InChI is InChI=1S/C11H24N2.C10H22N2.C3H12N4/c1-10(2)7-9(12-5)8-11(3,4)13(10)6;1-9(2)6-8(11-5)7-10(3,4)12-9;4-1-6-3-7-2-5/h9,12H,7-8H2,1-6H3;8,11-12H,6-7H2,1-5H3;6-7H,1-5H2. The van der Waals surface area contributed by atoms with Gasteiger partial charge in [0.2, 0.25) is 0 Å². The Bertz CT molecular complexity index is 466. The summed E-state index contributed by atoms with van der Waals surface area (Å²) in [5, 5.41) is 16.1. The van der Waals surface area contributed by atoms with Crippen molar-refractivity contribution < 1.29 is 0 Å². The summed E-state index contributed by atoms with van der Waals surface area (Å²) in [4.78, 5) is 2.51. The molecule has 0 radical (unpaired) electrons. The fourth-order valence-electron chi connectivity index (χ4n) is 5.33. The zero-order chi connectivity index (χ0) is 25.2. The quantitative estimate of drug-likeness (QED) is 0.236. The van der Waals surface area contributed by atoms with Crippen LogP contribution in [-0.2, 0) is 0 Å². The number of hydrogen-bond acceptors (Lipinski definition) is 8. The average Bonchev–Trinajstić information content (AvgIpc) is 2.64. The van der Waals surface area contributed by atoms with Gasteiger partial charge in [-0.2, -0.15) is 0 Å². The number of piperidine rings is 2. The van der Waals surface area contributed by atoms with Gasteiger partial charge in [-0.3, -0.25) is 15.5 Å². The Hall–Kier alpha value is -0.320. The highest BCUT2D eigenvalue weighted by Gasteiger charge is 2.42. The molecule has 0 saturated carbocycles. The Kier molecular flexibility index (Phi) is 13.4. The van der Waals surface area contributed by atoms with Gasteiger partial charge in [0.1, 0.15) is 0 Å². The van der Waals surface area contributed by atoms with Gasteiger partial charge in [-0.25, -0.2) is 0 Å².